The number of para-hydroxylation sites is 1. The summed E-state index contributed by atoms with van der Waals surface area (Å²) in [6, 6.07) is 7.63. The minimum absolute atomic E-state index is 0.126. The molecule has 0 unspecified atom stereocenters. The van der Waals surface area contributed by atoms with E-state index in [2.05, 4.69) is 31.6 Å². The van der Waals surface area contributed by atoms with Crippen molar-refractivity contribution in [2.75, 3.05) is 6.61 Å². The van der Waals surface area contributed by atoms with Gasteiger partial charge in [0.2, 0.25) is 5.91 Å². The summed E-state index contributed by atoms with van der Waals surface area (Å²) in [6.45, 7) is 6.09. The molecule has 0 bridgehead atoms. The minimum Gasteiger partial charge on any atom is -0.483 e. The topological polar surface area (TPSA) is 67.4 Å². The molecule has 2 amide bonds. The summed E-state index contributed by atoms with van der Waals surface area (Å²) in [5.74, 6) is 0.464. The van der Waals surface area contributed by atoms with E-state index in [1.165, 1.54) is 0 Å². The Balaban J connectivity index is 2.33. The van der Waals surface area contributed by atoms with Crippen LogP contribution >= 0.6 is 0 Å². The first-order chi connectivity index (χ1) is 10.5. The molecule has 5 nitrogen and oxygen atoms in total. The highest BCUT2D eigenvalue weighted by Crippen LogP contribution is 2.25. The Hall–Kier alpha value is -2.04. The van der Waals surface area contributed by atoms with Crippen molar-refractivity contribution >= 4 is 11.8 Å². The van der Waals surface area contributed by atoms with Crippen molar-refractivity contribution in [2.24, 2.45) is 0 Å². The number of hydrazine groups is 1. The predicted molar refractivity (Wildman–Crippen MR) is 86.5 cm³/mol. The Kier molecular flexibility index (Phi) is 8.04. The van der Waals surface area contributed by atoms with Gasteiger partial charge in [-0.25, -0.2) is 0 Å². The molecule has 1 rings (SSSR count). The fourth-order valence-corrected chi connectivity index (χ4v) is 2.01. The number of ether oxygens (including phenoxy) is 1. The second-order valence-electron chi connectivity index (χ2n) is 5.53. The molecular weight excluding hydrogens is 280 g/mol. The van der Waals surface area contributed by atoms with Gasteiger partial charge in [0.05, 0.1) is 0 Å². The van der Waals surface area contributed by atoms with Crippen LogP contribution in [0.2, 0.25) is 0 Å². The first-order valence-electron chi connectivity index (χ1n) is 7.84. The van der Waals surface area contributed by atoms with Crippen molar-refractivity contribution in [3.63, 3.8) is 0 Å². The van der Waals surface area contributed by atoms with Crippen molar-refractivity contribution in [3.05, 3.63) is 29.8 Å². The zero-order valence-corrected chi connectivity index (χ0v) is 13.6. The molecule has 0 saturated carbocycles. The fourth-order valence-electron chi connectivity index (χ4n) is 2.01. The Morgan fingerprint density at radius 2 is 1.77 bits per heavy atom. The molecule has 0 heterocycles. The maximum absolute atomic E-state index is 11.7. The first kappa shape index (κ1) is 18.0. The van der Waals surface area contributed by atoms with Crippen LogP contribution in [0.3, 0.4) is 0 Å². The number of unbranched alkanes of at least 4 members (excludes halogenated alkanes) is 2. The van der Waals surface area contributed by atoms with Crippen molar-refractivity contribution in [1.29, 1.82) is 0 Å². The number of benzene rings is 1. The van der Waals surface area contributed by atoms with E-state index in [0.717, 1.165) is 24.8 Å². The molecule has 0 fully saturated rings. The summed E-state index contributed by atoms with van der Waals surface area (Å²) in [7, 11) is 0. The van der Waals surface area contributed by atoms with Crippen LogP contribution in [0.5, 0.6) is 5.75 Å². The van der Waals surface area contributed by atoms with E-state index in [0.29, 0.717) is 18.1 Å². The van der Waals surface area contributed by atoms with Gasteiger partial charge in [0.1, 0.15) is 5.75 Å². The molecule has 0 radical (unpaired) electrons. The highest BCUT2D eigenvalue weighted by molar-refractivity contribution is 5.82. The third-order valence-electron chi connectivity index (χ3n) is 3.25. The molecule has 0 aliphatic rings. The average Bonchev–Trinajstić information content (AvgIpc) is 2.51. The molecular formula is C17H26N2O3. The zero-order chi connectivity index (χ0) is 16.4. The third-order valence-corrected chi connectivity index (χ3v) is 3.25. The Morgan fingerprint density at radius 3 is 2.45 bits per heavy atom. The molecule has 2 N–H and O–H groups in total. The van der Waals surface area contributed by atoms with Gasteiger partial charge in [-0.1, -0.05) is 51.8 Å². The monoisotopic (exact) mass is 306 g/mol. The van der Waals surface area contributed by atoms with Gasteiger partial charge in [0.15, 0.2) is 6.61 Å². The van der Waals surface area contributed by atoms with Gasteiger partial charge < -0.3 is 4.74 Å². The van der Waals surface area contributed by atoms with Crippen LogP contribution in [0.1, 0.15) is 57.9 Å². The zero-order valence-electron chi connectivity index (χ0n) is 13.6. The standard InChI is InChI=1S/C17H26N2O3/c1-4-5-6-11-16(20)18-19-17(21)12-22-15-10-8-7-9-14(15)13(2)3/h7-10,13H,4-6,11-12H2,1-3H3,(H,18,20)(H,19,21). The molecule has 0 atom stereocenters. The van der Waals surface area contributed by atoms with E-state index < -0.39 is 0 Å². The number of carbonyl (C=O) groups is 2. The van der Waals surface area contributed by atoms with Gasteiger partial charge in [-0.2, -0.15) is 0 Å². The third kappa shape index (κ3) is 6.61. The van der Waals surface area contributed by atoms with Gasteiger partial charge in [0.25, 0.3) is 5.91 Å². The summed E-state index contributed by atoms with van der Waals surface area (Å²) < 4.78 is 5.53. The molecule has 122 valence electrons. The van der Waals surface area contributed by atoms with Gasteiger partial charge >= 0.3 is 0 Å². The van der Waals surface area contributed by atoms with Crippen LogP contribution in [0.4, 0.5) is 0 Å². The molecule has 0 saturated heterocycles. The number of amides is 2. The van der Waals surface area contributed by atoms with Crippen molar-refractivity contribution in [2.45, 2.75) is 52.4 Å². The Labute approximate surface area is 132 Å². The predicted octanol–water partition coefficient (Wildman–Crippen LogP) is 2.92. The van der Waals surface area contributed by atoms with Crippen LogP contribution in [0, 0.1) is 0 Å². The number of nitrogens with one attached hydrogen (secondary N) is 2. The fraction of sp³-hybridized carbons (Fsp3) is 0.529. The highest BCUT2D eigenvalue weighted by Gasteiger charge is 2.09. The van der Waals surface area contributed by atoms with Gasteiger partial charge in [0, 0.05) is 6.42 Å². The summed E-state index contributed by atoms with van der Waals surface area (Å²) in [5.41, 5.74) is 5.82. The summed E-state index contributed by atoms with van der Waals surface area (Å²) in [5, 5.41) is 0. The molecule has 1 aromatic carbocycles. The Bertz CT molecular complexity index is 487. The number of hydrogen-bond donors (Lipinski definition) is 2. The number of hydrogen-bond acceptors (Lipinski definition) is 3. The van der Waals surface area contributed by atoms with E-state index in [1.54, 1.807) is 0 Å². The van der Waals surface area contributed by atoms with E-state index >= 15 is 0 Å². The minimum atomic E-state index is -0.373. The summed E-state index contributed by atoms with van der Waals surface area (Å²) >= 11 is 0. The van der Waals surface area contributed by atoms with Crippen molar-refractivity contribution in [3.8, 4) is 5.75 Å². The lowest BCUT2D eigenvalue weighted by atomic mass is 10.0. The van der Waals surface area contributed by atoms with Gasteiger partial charge in [-0.3, -0.25) is 20.4 Å². The lowest BCUT2D eigenvalue weighted by Crippen LogP contribution is -2.43. The van der Waals surface area contributed by atoms with Crippen LogP contribution in [-0.4, -0.2) is 18.4 Å². The molecule has 0 aromatic heterocycles. The number of carbonyl (C=O) groups excluding carboxylic acids is 2. The van der Waals surface area contributed by atoms with Crippen LogP contribution in [0.25, 0.3) is 0 Å². The van der Waals surface area contributed by atoms with Gasteiger partial charge in [-0.05, 0) is 24.0 Å². The second-order valence-corrected chi connectivity index (χ2v) is 5.53. The normalized spacial score (nSPS) is 10.4. The molecule has 0 aliphatic heterocycles. The van der Waals surface area contributed by atoms with Crippen molar-refractivity contribution in [1.82, 2.24) is 10.9 Å². The van der Waals surface area contributed by atoms with E-state index in [4.69, 9.17) is 4.74 Å². The lowest BCUT2D eigenvalue weighted by Gasteiger charge is -2.14. The van der Waals surface area contributed by atoms with Crippen molar-refractivity contribution < 1.29 is 14.3 Å². The lowest BCUT2D eigenvalue weighted by molar-refractivity contribution is -0.130. The quantitative estimate of drug-likeness (QED) is 0.573. The van der Waals surface area contributed by atoms with Crippen LogP contribution in [0.15, 0.2) is 24.3 Å². The molecule has 0 aliphatic carbocycles. The SMILES string of the molecule is CCCCCC(=O)NNC(=O)COc1ccccc1C(C)C. The van der Waals surface area contributed by atoms with Crippen LogP contribution < -0.4 is 15.6 Å². The summed E-state index contributed by atoms with van der Waals surface area (Å²) in [6.07, 6.45) is 3.32. The largest absolute Gasteiger partial charge is 0.483 e. The molecule has 1 aromatic rings. The van der Waals surface area contributed by atoms with Gasteiger partial charge in [-0.15, -0.1) is 0 Å². The first-order valence-corrected chi connectivity index (χ1v) is 7.84. The average molecular weight is 306 g/mol. The summed E-state index contributed by atoms with van der Waals surface area (Å²) in [4.78, 5) is 23.2. The van der Waals surface area contributed by atoms with E-state index in [-0.39, 0.29) is 18.4 Å². The van der Waals surface area contributed by atoms with E-state index in [1.807, 2.05) is 24.3 Å². The maximum Gasteiger partial charge on any atom is 0.276 e. The van der Waals surface area contributed by atoms with Crippen LogP contribution in [-0.2, 0) is 9.59 Å². The molecule has 5 heteroatoms. The molecule has 22 heavy (non-hydrogen) atoms. The van der Waals surface area contributed by atoms with E-state index in [9.17, 15) is 9.59 Å². The maximum atomic E-state index is 11.7. The second kappa shape index (κ2) is 9.82. The molecule has 0 spiro atoms. The number of rotatable bonds is 8. The smallest absolute Gasteiger partial charge is 0.276 e. The Morgan fingerprint density at radius 1 is 1.09 bits per heavy atom. The highest BCUT2D eigenvalue weighted by atomic mass is 16.5.